The molecule has 0 unspecified atom stereocenters. The predicted molar refractivity (Wildman–Crippen MR) is 146 cm³/mol. The molecule has 0 saturated carbocycles. The number of carbonyl (C=O) groups is 2. The molecular formula is C25H25ClIN3O4S. The number of anilines is 1. The largest absolute Gasteiger partial charge is 0.357 e. The number of rotatable bonds is 9. The van der Waals surface area contributed by atoms with Crippen LogP contribution in [0.3, 0.4) is 0 Å². The van der Waals surface area contributed by atoms with E-state index in [1.165, 1.54) is 24.1 Å². The fraction of sp³-hybridized carbons (Fsp3) is 0.200. The number of hydrogen-bond donors (Lipinski definition) is 1. The number of benzene rings is 3. The summed E-state index contributed by atoms with van der Waals surface area (Å²) in [6, 6.07) is 20.9. The van der Waals surface area contributed by atoms with Crippen molar-refractivity contribution in [1.29, 1.82) is 0 Å². The van der Waals surface area contributed by atoms with Gasteiger partial charge < -0.3 is 10.2 Å². The van der Waals surface area contributed by atoms with E-state index in [1.54, 1.807) is 73.7 Å². The van der Waals surface area contributed by atoms with E-state index in [1.807, 2.05) is 0 Å². The van der Waals surface area contributed by atoms with E-state index < -0.39 is 28.5 Å². The van der Waals surface area contributed by atoms with Crippen molar-refractivity contribution >= 4 is 61.7 Å². The summed E-state index contributed by atoms with van der Waals surface area (Å²) in [7, 11) is -2.57. The summed E-state index contributed by atoms with van der Waals surface area (Å²) in [6.45, 7) is 1.23. The molecule has 35 heavy (non-hydrogen) atoms. The van der Waals surface area contributed by atoms with E-state index in [0.717, 1.165) is 13.4 Å². The zero-order valence-corrected chi connectivity index (χ0v) is 22.9. The van der Waals surface area contributed by atoms with Gasteiger partial charge in [-0.05, 0) is 83.6 Å². The summed E-state index contributed by atoms with van der Waals surface area (Å²) in [6.07, 6.45) is 0. The Labute approximate surface area is 224 Å². The molecule has 10 heteroatoms. The van der Waals surface area contributed by atoms with E-state index >= 15 is 0 Å². The van der Waals surface area contributed by atoms with E-state index in [2.05, 4.69) is 27.9 Å². The van der Waals surface area contributed by atoms with Crippen molar-refractivity contribution in [2.45, 2.75) is 24.4 Å². The molecule has 0 saturated heterocycles. The highest BCUT2D eigenvalue weighted by Gasteiger charge is 2.32. The van der Waals surface area contributed by atoms with Crippen LogP contribution in [0, 0.1) is 3.57 Å². The second-order valence-corrected chi connectivity index (χ2v) is 11.3. The number of amides is 2. The quantitative estimate of drug-likeness (QED) is 0.360. The van der Waals surface area contributed by atoms with E-state index in [9.17, 15) is 18.0 Å². The van der Waals surface area contributed by atoms with Crippen molar-refractivity contribution in [3.05, 3.63) is 93.0 Å². The second kappa shape index (κ2) is 11.9. The van der Waals surface area contributed by atoms with E-state index in [0.29, 0.717) is 10.7 Å². The number of hydrogen-bond acceptors (Lipinski definition) is 4. The van der Waals surface area contributed by atoms with Crippen LogP contribution in [-0.2, 0) is 26.2 Å². The molecule has 1 N–H and O–H groups in total. The molecule has 0 spiro atoms. The molecule has 1 atom stereocenters. The van der Waals surface area contributed by atoms with Gasteiger partial charge in [0.05, 0.1) is 10.6 Å². The maximum absolute atomic E-state index is 13.6. The van der Waals surface area contributed by atoms with Gasteiger partial charge in [-0.2, -0.15) is 0 Å². The Balaban J connectivity index is 2.00. The lowest BCUT2D eigenvalue weighted by atomic mass is 10.1. The van der Waals surface area contributed by atoms with Gasteiger partial charge in [-0.25, -0.2) is 8.42 Å². The van der Waals surface area contributed by atoms with Gasteiger partial charge in [0.15, 0.2) is 0 Å². The lowest BCUT2D eigenvalue weighted by Gasteiger charge is -2.31. The molecule has 3 aromatic carbocycles. The molecule has 0 aliphatic heterocycles. The fourth-order valence-electron chi connectivity index (χ4n) is 3.43. The van der Waals surface area contributed by atoms with Gasteiger partial charge in [0.25, 0.3) is 10.0 Å². The highest BCUT2D eigenvalue weighted by molar-refractivity contribution is 14.1. The lowest BCUT2D eigenvalue weighted by Crippen LogP contribution is -2.50. The third kappa shape index (κ3) is 6.74. The Bertz CT molecular complexity index is 1270. The van der Waals surface area contributed by atoms with Gasteiger partial charge >= 0.3 is 0 Å². The molecule has 3 aromatic rings. The Hall–Kier alpha value is -2.63. The first-order valence-corrected chi connectivity index (χ1v) is 13.6. The van der Waals surface area contributed by atoms with Crippen LogP contribution in [0.5, 0.6) is 0 Å². The zero-order chi connectivity index (χ0) is 25.6. The molecule has 7 nitrogen and oxygen atoms in total. The van der Waals surface area contributed by atoms with Crippen LogP contribution in [0.2, 0.25) is 5.02 Å². The number of sulfonamides is 1. The van der Waals surface area contributed by atoms with Crippen LogP contribution >= 0.6 is 34.2 Å². The summed E-state index contributed by atoms with van der Waals surface area (Å²) in [5, 5.41) is 3.10. The molecule has 3 rings (SSSR count). The minimum Gasteiger partial charge on any atom is -0.357 e. The molecule has 0 heterocycles. The molecule has 0 aliphatic carbocycles. The first-order valence-electron chi connectivity index (χ1n) is 10.7. The molecule has 0 bridgehead atoms. The van der Waals surface area contributed by atoms with Crippen LogP contribution in [0.15, 0.2) is 83.8 Å². The number of nitrogens with zero attached hydrogens (tertiary/aromatic N) is 2. The molecule has 0 fully saturated rings. The Kier molecular flexibility index (Phi) is 9.15. The number of likely N-dealkylation sites (N-methyl/N-ethyl adjacent to an activating group) is 1. The SMILES string of the molecule is CNC(=O)[C@@H](C)N(Cc1ccc(Cl)cc1)C(=O)CN(c1ccc(I)cc1)S(=O)(=O)c1ccccc1. The molecule has 184 valence electrons. The zero-order valence-electron chi connectivity index (χ0n) is 19.2. The first kappa shape index (κ1) is 27.0. The van der Waals surface area contributed by atoms with Crippen LogP contribution in [0.4, 0.5) is 5.69 Å². The Morgan fingerprint density at radius 3 is 2.14 bits per heavy atom. The van der Waals surface area contributed by atoms with Gasteiger partial charge in [0.2, 0.25) is 11.8 Å². The molecular weight excluding hydrogens is 601 g/mol. The molecule has 2 amide bonds. The summed E-state index contributed by atoms with van der Waals surface area (Å²) in [5.74, 6) is -0.881. The third-order valence-electron chi connectivity index (χ3n) is 5.40. The van der Waals surface area contributed by atoms with Crippen molar-refractivity contribution in [1.82, 2.24) is 10.2 Å². The first-order chi connectivity index (χ1) is 16.6. The van der Waals surface area contributed by atoms with Gasteiger partial charge in [-0.1, -0.05) is 41.9 Å². The molecule has 0 aliphatic rings. The molecule has 0 aromatic heterocycles. The van der Waals surface area contributed by atoms with Crippen molar-refractivity contribution in [3.63, 3.8) is 0 Å². The standard InChI is InChI=1S/C25H25ClIN3O4S/c1-18(25(32)28-2)29(16-19-8-10-20(26)11-9-19)24(31)17-30(22-14-12-21(27)13-15-22)35(33,34)23-6-4-3-5-7-23/h3-15,18H,16-17H2,1-2H3,(H,28,32)/t18-/m1/s1. The average Bonchev–Trinajstić information content (AvgIpc) is 2.87. The van der Waals surface area contributed by atoms with Crippen LogP contribution in [-0.4, -0.2) is 44.8 Å². The van der Waals surface area contributed by atoms with Crippen LogP contribution in [0.25, 0.3) is 0 Å². The average molecular weight is 626 g/mol. The minimum absolute atomic E-state index is 0.0648. The van der Waals surface area contributed by atoms with E-state index in [-0.39, 0.29) is 17.3 Å². The fourth-order valence-corrected chi connectivity index (χ4v) is 5.35. The maximum atomic E-state index is 13.6. The topological polar surface area (TPSA) is 86.8 Å². The normalized spacial score (nSPS) is 12.0. The van der Waals surface area contributed by atoms with Crippen molar-refractivity contribution < 1.29 is 18.0 Å². The number of carbonyl (C=O) groups excluding carboxylic acids is 2. The smallest absolute Gasteiger partial charge is 0.264 e. The minimum atomic E-state index is -4.06. The summed E-state index contributed by atoms with van der Waals surface area (Å²) in [4.78, 5) is 27.5. The number of halogens is 2. The van der Waals surface area contributed by atoms with Gasteiger partial charge in [-0.3, -0.25) is 13.9 Å². The second-order valence-electron chi connectivity index (χ2n) is 7.74. The monoisotopic (exact) mass is 625 g/mol. The summed E-state index contributed by atoms with van der Waals surface area (Å²) < 4.78 is 29.2. The van der Waals surface area contributed by atoms with Gasteiger partial charge in [-0.15, -0.1) is 0 Å². The summed E-state index contributed by atoms with van der Waals surface area (Å²) in [5.41, 5.74) is 1.10. The summed E-state index contributed by atoms with van der Waals surface area (Å²) >= 11 is 8.11. The molecule has 0 radical (unpaired) electrons. The van der Waals surface area contributed by atoms with Crippen molar-refractivity contribution in [3.8, 4) is 0 Å². The van der Waals surface area contributed by atoms with Crippen molar-refractivity contribution in [2.75, 3.05) is 17.9 Å². The Morgan fingerprint density at radius 2 is 1.57 bits per heavy atom. The van der Waals surface area contributed by atoms with Crippen LogP contribution in [0.1, 0.15) is 12.5 Å². The highest BCUT2D eigenvalue weighted by atomic mass is 127. The van der Waals surface area contributed by atoms with Gasteiger partial charge in [0, 0.05) is 22.2 Å². The maximum Gasteiger partial charge on any atom is 0.264 e. The van der Waals surface area contributed by atoms with Crippen LogP contribution < -0.4 is 9.62 Å². The van der Waals surface area contributed by atoms with E-state index in [4.69, 9.17) is 11.6 Å². The Morgan fingerprint density at radius 1 is 0.971 bits per heavy atom. The third-order valence-corrected chi connectivity index (χ3v) is 8.16. The highest BCUT2D eigenvalue weighted by Crippen LogP contribution is 2.25. The lowest BCUT2D eigenvalue weighted by molar-refractivity contribution is -0.139. The predicted octanol–water partition coefficient (Wildman–Crippen LogP) is 4.30. The van der Waals surface area contributed by atoms with Crippen molar-refractivity contribution in [2.24, 2.45) is 0 Å². The van der Waals surface area contributed by atoms with Gasteiger partial charge in [0.1, 0.15) is 12.6 Å². The number of nitrogens with one attached hydrogen (secondary N) is 1.